The lowest BCUT2D eigenvalue weighted by Gasteiger charge is -2.33. The Balaban J connectivity index is 2.15. The molecule has 0 spiro atoms. The third-order valence-corrected chi connectivity index (χ3v) is 2.67. The van der Waals surface area contributed by atoms with Gasteiger partial charge in [-0.1, -0.05) is 13.8 Å². The summed E-state index contributed by atoms with van der Waals surface area (Å²) in [7, 11) is 2.15. The molecular formula is C10H22N4S. The molecule has 5 heteroatoms. The summed E-state index contributed by atoms with van der Waals surface area (Å²) >= 11 is 5.21. The normalized spacial score (nSPS) is 19.2. The van der Waals surface area contributed by atoms with Crippen molar-refractivity contribution in [1.82, 2.24) is 20.7 Å². The highest BCUT2D eigenvalue weighted by atomic mass is 32.1. The van der Waals surface area contributed by atoms with Gasteiger partial charge in [0.1, 0.15) is 0 Å². The van der Waals surface area contributed by atoms with Crippen LogP contribution in [0, 0.1) is 5.92 Å². The van der Waals surface area contributed by atoms with Gasteiger partial charge in [0.2, 0.25) is 0 Å². The Labute approximate surface area is 98.0 Å². The van der Waals surface area contributed by atoms with E-state index in [9.17, 15) is 0 Å². The van der Waals surface area contributed by atoms with Crippen LogP contribution < -0.4 is 10.7 Å². The highest BCUT2D eigenvalue weighted by Crippen LogP contribution is 1.95. The molecule has 1 fully saturated rings. The van der Waals surface area contributed by atoms with Crippen LogP contribution in [0.5, 0.6) is 0 Å². The molecule has 0 saturated carbocycles. The lowest BCUT2D eigenvalue weighted by Crippen LogP contribution is -2.55. The summed E-state index contributed by atoms with van der Waals surface area (Å²) < 4.78 is 0. The highest BCUT2D eigenvalue weighted by molar-refractivity contribution is 7.80. The van der Waals surface area contributed by atoms with E-state index in [0.29, 0.717) is 5.92 Å². The molecule has 0 aromatic carbocycles. The molecule has 1 aliphatic heterocycles. The molecule has 0 atom stereocenters. The second-order valence-electron chi connectivity index (χ2n) is 4.51. The van der Waals surface area contributed by atoms with Crippen LogP contribution in [0.15, 0.2) is 0 Å². The van der Waals surface area contributed by atoms with Crippen LogP contribution in [0.25, 0.3) is 0 Å². The molecule has 1 saturated heterocycles. The van der Waals surface area contributed by atoms with Crippen LogP contribution in [-0.4, -0.2) is 54.8 Å². The van der Waals surface area contributed by atoms with Crippen molar-refractivity contribution in [2.45, 2.75) is 13.8 Å². The Morgan fingerprint density at radius 1 is 1.27 bits per heavy atom. The molecule has 0 radical (unpaired) electrons. The van der Waals surface area contributed by atoms with Gasteiger partial charge in [0.15, 0.2) is 5.11 Å². The van der Waals surface area contributed by atoms with Gasteiger partial charge in [-0.25, -0.2) is 5.01 Å². The van der Waals surface area contributed by atoms with Gasteiger partial charge in [-0.3, -0.25) is 5.43 Å². The molecular weight excluding hydrogens is 208 g/mol. The number of rotatable bonds is 3. The van der Waals surface area contributed by atoms with Crippen LogP contribution in [-0.2, 0) is 0 Å². The average molecular weight is 230 g/mol. The Hall–Kier alpha value is -0.390. The second kappa shape index (κ2) is 6.25. The van der Waals surface area contributed by atoms with E-state index in [1.807, 2.05) is 0 Å². The first-order valence-electron chi connectivity index (χ1n) is 5.56. The van der Waals surface area contributed by atoms with Gasteiger partial charge >= 0.3 is 0 Å². The van der Waals surface area contributed by atoms with Gasteiger partial charge in [0.25, 0.3) is 0 Å². The number of piperazine rings is 1. The van der Waals surface area contributed by atoms with Crippen LogP contribution in [0.1, 0.15) is 13.8 Å². The predicted molar refractivity (Wildman–Crippen MR) is 67.6 cm³/mol. The minimum absolute atomic E-state index is 0.622. The Bertz CT molecular complexity index is 200. The van der Waals surface area contributed by atoms with E-state index >= 15 is 0 Å². The molecule has 1 rings (SSSR count). The molecule has 0 amide bonds. The number of hydrazine groups is 1. The van der Waals surface area contributed by atoms with E-state index in [1.165, 1.54) is 0 Å². The maximum Gasteiger partial charge on any atom is 0.181 e. The van der Waals surface area contributed by atoms with Crippen LogP contribution >= 0.6 is 12.2 Å². The van der Waals surface area contributed by atoms with Gasteiger partial charge < -0.3 is 10.2 Å². The minimum Gasteiger partial charge on any atom is -0.361 e. The van der Waals surface area contributed by atoms with E-state index in [4.69, 9.17) is 12.2 Å². The van der Waals surface area contributed by atoms with Crippen LogP contribution in [0.4, 0.5) is 0 Å². The topological polar surface area (TPSA) is 30.5 Å². The molecule has 4 nitrogen and oxygen atoms in total. The van der Waals surface area contributed by atoms with Crippen LogP contribution in [0.2, 0.25) is 0 Å². The Morgan fingerprint density at radius 3 is 2.40 bits per heavy atom. The molecule has 0 aromatic rings. The maximum absolute atomic E-state index is 5.21. The van der Waals surface area contributed by atoms with Crippen molar-refractivity contribution in [1.29, 1.82) is 0 Å². The number of nitrogens with zero attached hydrogens (tertiary/aromatic N) is 2. The largest absolute Gasteiger partial charge is 0.361 e. The Morgan fingerprint density at radius 2 is 1.87 bits per heavy atom. The summed E-state index contributed by atoms with van der Waals surface area (Å²) in [6.07, 6.45) is 0. The zero-order chi connectivity index (χ0) is 11.3. The third kappa shape index (κ3) is 5.30. The summed E-state index contributed by atoms with van der Waals surface area (Å²) in [5.41, 5.74) is 3.22. The highest BCUT2D eigenvalue weighted by Gasteiger charge is 2.13. The molecule has 0 unspecified atom stereocenters. The number of hydrogen-bond acceptors (Lipinski definition) is 3. The fourth-order valence-corrected chi connectivity index (χ4v) is 1.61. The van der Waals surface area contributed by atoms with Gasteiger partial charge in [-0.05, 0) is 25.2 Å². The second-order valence-corrected chi connectivity index (χ2v) is 4.91. The zero-order valence-corrected chi connectivity index (χ0v) is 10.7. The number of nitrogens with one attached hydrogen (secondary N) is 2. The van der Waals surface area contributed by atoms with E-state index < -0.39 is 0 Å². The summed E-state index contributed by atoms with van der Waals surface area (Å²) in [4.78, 5) is 2.32. The zero-order valence-electron chi connectivity index (χ0n) is 9.92. The van der Waals surface area contributed by atoms with Crippen molar-refractivity contribution in [2.75, 3.05) is 39.8 Å². The van der Waals surface area contributed by atoms with E-state index in [1.54, 1.807) is 0 Å². The van der Waals surface area contributed by atoms with Gasteiger partial charge in [0, 0.05) is 32.7 Å². The molecule has 0 bridgehead atoms. The average Bonchev–Trinajstić information content (AvgIpc) is 2.19. The summed E-state index contributed by atoms with van der Waals surface area (Å²) in [6.45, 7) is 9.52. The Kier molecular flexibility index (Phi) is 5.28. The monoisotopic (exact) mass is 230 g/mol. The molecule has 2 N–H and O–H groups in total. The van der Waals surface area contributed by atoms with E-state index in [0.717, 1.165) is 37.8 Å². The van der Waals surface area contributed by atoms with Gasteiger partial charge in [-0.2, -0.15) is 0 Å². The lowest BCUT2D eigenvalue weighted by molar-refractivity contribution is 0.130. The van der Waals surface area contributed by atoms with Crippen molar-refractivity contribution in [3.05, 3.63) is 0 Å². The van der Waals surface area contributed by atoms with Crippen molar-refractivity contribution in [3.8, 4) is 0 Å². The number of likely N-dealkylation sites (N-methyl/N-ethyl adjacent to an activating group) is 1. The first-order chi connectivity index (χ1) is 7.08. The predicted octanol–water partition coefficient (Wildman–Crippen LogP) is 0.269. The molecule has 15 heavy (non-hydrogen) atoms. The smallest absolute Gasteiger partial charge is 0.181 e. The van der Waals surface area contributed by atoms with Crippen molar-refractivity contribution < 1.29 is 0 Å². The first kappa shape index (κ1) is 12.7. The molecule has 1 aliphatic rings. The standard InChI is InChI=1S/C10H22N4S/c1-9(2)8-11-10(15)12-14-6-4-13(3)5-7-14/h9H,4-8H2,1-3H3,(H2,11,12,15). The van der Waals surface area contributed by atoms with Crippen LogP contribution in [0.3, 0.4) is 0 Å². The quantitative estimate of drug-likeness (QED) is 0.680. The van der Waals surface area contributed by atoms with E-state index in [2.05, 4.69) is 41.5 Å². The summed E-state index contributed by atoms with van der Waals surface area (Å²) in [5.74, 6) is 0.622. The summed E-state index contributed by atoms with van der Waals surface area (Å²) in [6, 6.07) is 0. The van der Waals surface area contributed by atoms with Crippen molar-refractivity contribution in [3.63, 3.8) is 0 Å². The SMILES string of the molecule is CC(C)CNC(=S)NN1CCN(C)CC1. The van der Waals surface area contributed by atoms with Crippen molar-refractivity contribution >= 4 is 17.3 Å². The van der Waals surface area contributed by atoms with E-state index in [-0.39, 0.29) is 0 Å². The third-order valence-electron chi connectivity index (χ3n) is 2.43. The lowest BCUT2D eigenvalue weighted by atomic mass is 10.2. The number of thiocarbonyl (C=S) groups is 1. The van der Waals surface area contributed by atoms with Gasteiger partial charge in [0.05, 0.1) is 0 Å². The fourth-order valence-electron chi connectivity index (χ4n) is 1.40. The first-order valence-corrected chi connectivity index (χ1v) is 5.96. The fraction of sp³-hybridized carbons (Fsp3) is 0.900. The summed E-state index contributed by atoms with van der Waals surface area (Å²) in [5, 5.41) is 6.13. The van der Waals surface area contributed by atoms with Gasteiger partial charge in [-0.15, -0.1) is 0 Å². The maximum atomic E-state index is 5.21. The minimum atomic E-state index is 0.622. The molecule has 1 heterocycles. The molecule has 88 valence electrons. The molecule has 0 aliphatic carbocycles. The number of hydrogen-bond donors (Lipinski definition) is 2. The van der Waals surface area contributed by atoms with Crippen molar-refractivity contribution in [2.24, 2.45) is 5.92 Å². The molecule has 0 aromatic heterocycles.